The van der Waals surface area contributed by atoms with E-state index in [0.717, 1.165) is 25.0 Å². The fourth-order valence-corrected chi connectivity index (χ4v) is 1.54. The number of nitrogens with zero attached hydrogens (tertiary/aromatic N) is 5. The van der Waals surface area contributed by atoms with E-state index in [-0.39, 0.29) is 6.04 Å². The molecule has 1 atom stereocenters. The Bertz CT molecular complexity index is 437. The van der Waals surface area contributed by atoms with Crippen LogP contribution < -0.4 is 5.73 Å². The van der Waals surface area contributed by atoms with Gasteiger partial charge in [0, 0.05) is 12.5 Å². The van der Waals surface area contributed by atoms with Crippen molar-refractivity contribution in [3.05, 3.63) is 17.8 Å². The topological polar surface area (TPSA) is 82.0 Å². The van der Waals surface area contributed by atoms with Gasteiger partial charge in [0.15, 0.2) is 5.65 Å². The molecule has 0 fully saturated rings. The van der Waals surface area contributed by atoms with Crippen LogP contribution in [0.3, 0.4) is 0 Å². The van der Waals surface area contributed by atoms with E-state index in [1.165, 1.54) is 4.63 Å². The molecule has 0 spiro atoms. The maximum atomic E-state index is 5.93. The molecule has 0 amide bonds. The van der Waals surface area contributed by atoms with Crippen molar-refractivity contribution in [2.45, 2.75) is 32.2 Å². The monoisotopic (exact) mass is 206 g/mol. The zero-order valence-electron chi connectivity index (χ0n) is 8.67. The summed E-state index contributed by atoms with van der Waals surface area (Å²) in [5.41, 5.74) is 7.52. The van der Waals surface area contributed by atoms with Crippen molar-refractivity contribution >= 4 is 5.65 Å². The highest BCUT2D eigenvalue weighted by molar-refractivity contribution is 5.32. The molecular weight excluding hydrogens is 192 g/mol. The zero-order chi connectivity index (χ0) is 10.7. The van der Waals surface area contributed by atoms with Gasteiger partial charge in [0.05, 0.1) is 5.69 Å². The minimum absolute atomic E-state index is 0.163. The van der Waals surface area contributed by atoms with Crippen LogP contribution in [0, 0.1) is 0 Å². The molecular formula is C9H14N6. The minimum atomic E-state index is 0.163. The Hall–Kier alpha value is -1.56. The quantitative estimate of drug-likeness (QED) is 0.772. The van der Waals surface area contributed by atoms with E-state index in [1.807, 2.05) is 12.1 Å². The average molecular weight is 206 g/mol. The smallest absolute Gasteiger partial charge is 0.199 e. The van der Waals surface area contributed by atoms with E-state index in [9.17, 15) is 0 Å². The lowest BCUT2D eigenvalue weighted by atomic mass is 10.1. The first-order chi connectivity index (χ1) is 7.29. The largest absolute Gasteiger partial charge is 0.327 e. The second kappa shape index (κ2) is 4.31. The summed E-state index contributed by atoms with van der Waals surface area (Å²) in [6.07, 6.45) is 2.87. The average Bonchev–Trinajstić information content (AvgIpc) is 2.65. The summed E-state index contributed by atoms with van der Waals surface area (Å²) < 4.78 is 1.42. The fourth-order valence-electron chi connectivity index (χ4n) is 1.54. The Labute approximate surface area is 87.5 Å². The highest BCUT2D eigenvalue weighted by Crippen LogP contribution is 2.03. The molecule has 0 bridgehead atoms. The van der Waals surface area contributed by atoms with Crippen molar-refractivity contribution in [3.63, 3.8) is 0 Å². The van der Waals surface area contributed by atoms with Gasteiger partial charge in [0.25, 0.3) is 0 Å². The first-order valence-electron chi connectivity index (χ1n) is 5.09. The highest BCUT2D eigenvalue weighted by atomic mass is 15.6. The van der Waals surface area contributed by atoms with Gasteiger partial charge >= 0.3 is 0 Å². The molecule has 0 aromatic carbocycles. The molecule has 6 heteroatoms. The predicted molar refractivity (Wildman–Crippen MR) is 55.2 cm³/mol. The first-order valence-corrected chi connectivity index (χ1v) is 5.09. The number of fused-ring (bicyclic) bond motifs is 1. The van der Waals surface area contributed by atoms with Gasteiger partial charge in [-0.15, -0.1) is 9.73 Å². The molecule has 15 heavy (non-hydrogen) atoms. The standard InChI is InChI=1S/C9H14N6/c1-2-3-7(10)6-8-4-5-9-11-13-14-15(9)12-8/h4-5,7H,2-3,6,10H2,1H3. The molecule has 2 rings (SSSR count). The Morgan fingerprint density at radius 2 is 2.33 bits per heavy atom. The van der Waals surface area contributed by atoms with Gasteiger partial charge in [0.1, 0.15) is 0 Å². The summed E-state index contributed by atoms with van der Waals surface area (Å²) in [7, 11) is 0. The summed E-state index contributed by atoms with van der Waals surface area (Å²) in [5, 5.41) is 15.3. The van der Waals surface area contributed by atoms with E-state index in [4.69, 9.17) is 5.73 Å². The zero-order valence-corrected chi connectivity index (χ0v) is 8.67. The summed E-state index contributed by atoms with van der Waals surface area (Å²) >= 11 is 0. The number of rotatable bonds is 4. The molecule has 80 valence electrons. The van der Waals surface area contributed by atoms with Crippen molar-refractivity contribution in [1.29, 1.82) is 0 Å². The maximum Gasteiger partial charge on any atom is 0.199 e. The van der Waals surface area contributed by atoms with Crippen LogP contribution in [0.2, 0.25) is 0 Å². The van der Waals surface area contributed by atoms with Crippen LogP contribution in [0.4, 0.5) is 0 Å². The summed E-state index contributed by atoms with van der Waals surface area (Å²) in [6.45, 7) is 2.12. The first kappa shape index (κ1) is 9.97. The van der Waals surface area contributed by atoms with Crippen LogP contribution in [0.1, 0.15) is 25.5 Å². The van der Waals surface area contributed by atoms with E-state index in [2.05, 4.69) is 27.5 Å². The van der Waals surface area contributed by atoms with Gasteiger partial charge in [-0.3, -0.25) is 0 Å². The van der Waals surface area contributed by atoms with Crippen LogP contribution in [-0.4, -0.2) is 31.3 Å². The highest BCUT2D eigenvalue weighted by Gasteiger charge is 2.06. The SMILES string of the molecule is CCCC(N)Cc1ccc2nnnn2n1. The van der Waals surface area contributed by atoms with E-state index >= 15 is 0 Å². The Morgan fingerprint density at radius 1 is 1.47 bits per heavy atom. The number of nitrogens with two attached hydrogens (primary N) is 1. The Morgan fingerprint density at radius 3 is 3.13 bits per heavy atom. The van der Waals surface area contributed by atoms with E-state index in [1.54, 1.807) is 0 Å². The lowest BCUT2D eigenvalue weighted by Crippen LogP contribution is -2.23. The number of hydrogen-bond donors (Lipinski definition) is 1. The third-order valence-corrected chi connectivity index (χ3v) is 2.26. The molecule has 2 aromatic rings. The van der Waals surface area contributed by atoms with Crippen LogP contribution >= 0.6 is 0 Å². The molecule has 2 heterocycles. The number of tetrazole rings is 1. The third kappa shape index (κ3) is 2.27. The van der Waals surface area contributed by atoms with Crippen molar-refractivity contribution < 1.29 is 0 Å². The van der Waals surface area contributed by atoms with Gasteiger partial charge in [0.2, 0.25) is 0 Å². The predicted octanol–water partition coefficient (Wildman–Crippen LogP) is 0.189. The van der Waals surface area contributed by atoms with Gasteiger partial charge < -0.3 is 5.73 Å². The molecule has 0 saturated carbocycles. The molecule has 0 aliphatic carbocycles. The van der Waals surface area contributed by atoms with Gasteiger partial charge in [-0.25, -0.2) is 0 Å². The maximum absolute atomic E-state index is 5.93. The summed E-state index contributed by atoms with van der Waals surface area (Å²) in [5.74, 6) is 0. The van der Waals surface area contributed by atoms with E-state index in [0.29, 0.717) is 5.65 Å². The molecule has 1 unspecified atom stereocenters. The van der Waals surface area contributed by atoms with E-state index < -0.39 is 0 Å². The van der Waals surface area contributed by atoms with Crippen molar-refractivity contribution in [3.8, 4) is 0 Å². The van der Waals surface area contributed by atoms with Crippen LogP contribution in [-0.2, 0) is 6.42 Å². The van der Waals surface area contributed by atoms with Gasteiger partial charge in [-0.05, 0) is 29.0 Å². The molecule has 0 aliphatic rings. The van der Waals surface area contributed by atoms with Crippen LogP contribution in [0.25, 0.3) is 5.65 Å². The molecule has 2 aromatic heterocycles. The second-order valence-corrected chi connectivity index (χ2v) is 3.60. The van der Waals surface area contributed by atoms with Crippen molar-refractivity contribution in [1.82, 2.24) is 25.3 Å². The van der Waals surface area contributed by atoms with Gasteiger partial charge in [-0.2, -0.15) is 5.10 Å². The number of aromatic nitrogens is 5. The molecule has 0 aliphatic heterocycles. The Balaban J connectivity index is 2.14. The summed E-state index contributed by atoms with van der Waals surface area (Å²) in [6, 6.07) is 3.93. The van der Waals surface area contributed by atoms with Crippen LogP contribution in [0.5, 0.6) is 0 Å². The third-order valence-electron chi connectivity index (χ3n) is 2.26. The fraction of sp³-hybridized carbons (Fsp3) is 0.556. The van der Waals surface area contributed by atoms with Crippen molar-refractivity contribution in [2.75, 3.05) is 0 Å². The van der Waals surface area contributed by atoms with Gasteiger partial charge in [-0.1, -0.05) is 13.3 Å². The Kier molecular flexibility index (Phi) is 2.86. The number of hydrogen-bond acceptors (Lipinski definition) is 5. The lowest BCUT2D eigenvalue weighted by molar-refractivity contribution is 0.581. The van der Waals surface area contributed by atoms with Crippen LogP contribution in [0.15, 0.2) is 12.1 Å². The lowest BCUT2D eigenvalue weighted by Gasteiger charge is -2.08. The molecule has 2 N–H and O–H groups in total. The molecule has 6 nitrogen and oxygen atoms in total. The normalized spacial score (nSPS) is 13.2. The molecule has 0 radical (unpaired) electrons. The molecule has 0 saturated heterocycles. The second-order valence-electron chi connectivity index (χ2n) is 3.60. The van der Waals surface area contributed by atoms with Crippen molar-refractivity contribution in [2.24, 2.45) is 5.73 Å². The minimum Gasteiger partial charge on any atom is -0.327 e. The summed E-state index contributed by atoms with van der Waals surface area (Å²) in [4.78, 5) is 0.